The zero-order valence-electron chi connectivity index (χ0n) is 11.4. The molecule has 1 aromatic heterocycles. The molecule has 1 saturated carbocycles. The third kappa shape index (κ3) is 2.03. The van der Waals surface area contributed by atoms with Gasteiger partial charge in [0.15, 0.2) is 0 Å². The van der Waals surface area contributed by atoms with Crippen LogP contribution in [0.15, 0.2) is 23.0 Å². The molecule has 5 heteroatoms. The van der Waals surface area contributed by atoms with Gasteiger partial charge in [-0.2, -0.15) is 0 Å². The average molecular weight is 275 g/mol. The van der Waals surface area contributed by atoms with Gasteiger partial charge in [0.2, 0.25) is 0 Å². The van der Waals surface area contributed by atoms with Crippen molar-refractivity contribution in [1.82, 2.24) is 9.78 Å². The Morgan fingerprint density at radius 2 is 2.05 bits per heavy atom. The number of rotatable bonds is 2. The topological polar surface area (TPSA) is 63.8 Å². The third-order valence-corrected chi connectivity index (χ3v) is 4.12. The van der Waals surface area contributed by atoms with Crippen molar-refractivity contribution in [2.24, 2.45) is 0 Å². The number of nitrogens with one attached hydrogen (secondary N) is 1. The average Bonchev–Trinajstić information content (AvgIpc) is 3.01. The largest absolute Gasteiger partial charge is 0.393 e. The molecule has 0 aliphatic heterocycles. The fraction of sp³-hybridized carbons (Fsp3) is 0.400. The molecule has 1 fully saturated rings. The zero-order chi connectivity index (χ0) is 14.3. The first-order valence-corrected chi connectivity index (χ1v) is 6.95. The van der Waals surface area contributed by atoms with E-state index in [0.29, 0.717) is 22.9 Å². The summed E-state index contributed by atoms with van der Waals surface area (Å²) in [5, 5.41) is 3.12. The van der Waals surface area contributed by atoms with Gasteiger partial charge in [-0.25, -0.2) is 9.07 Å². The lowest BCUT2D eigenvalue weighted by Gasteiger charge is -2.08. The minimum atomic E-state index is -0.310. The molecule has 0 radical (unpaired) electrons. The van der Waals surface area contributed by atoms with Gasteiger partial charge in [0, 0.05) is 5.92 Å². The van der Waals surface area contributed by atoms with Gasteiger partial charge in [0.25, 0.3) is 5.56 Å². The Balaban J connectivity index is 2.10. The molecule has 0 bridgehead atoms. The number of hydrogen-bond donors (Lipinski definition) is 2. The minimum absolute atomic E-state index is 0.249. The van der Waals surface area contributed by atoms with Crippen LogP contribution in [0.4, 0.5) is 10.1 Å². The maximum atomic E-state index is 13.2. The highest BCUT2D eigenvalue weighted by atomic mass is 19.1. The Labute approximate surface area is 116 Å². The number of H-pyrrole nitrogens is 1. The van der Waals surface area contributed by atoms with E-state index in [9.17, 15) is 9.18 Å². The Morgan fingerprint density at radius 1 is 1.35 bits per heavy atom. The highest BCUT2D eigenvalue weighted by Gasteiger charge is 2.24. The van der Waals surface area contributed by atoms with Gasteiger partial charge in [-0.3, -0.25) is 9.89 Å². The number of aromatic nitrogens is 2. The van der Waals surface area contributed by atoms with Crippen LogP contribution in [-0.2, 0) is 0 Å². The molecule has 106 valence electrons. The highest BCUT2D eigenvalue weighted by molar-refractivity contribution is 5.48. The monoisotopic (exact) mass is 275 g/mol. The van der Waals surface area contributed by atoms with Gasteiger partial charge in [-0.15, -0.1) is 0 Å². The summed E-state index contributed by atoms with van der Waals surface area (Å²) < 4.78 is 14.6. The summed E-state index contributed by atoms with van der Waals surface area (Å²) in [6.45, 7) is 1.77. The van der Waals surface area contributed by atoms with E-state index in [2.05, 4.69) is 5.10 Å². The molecule has 20 heavy (non-hydrogen) atoms. The summed E-state index contributed by atoms with van der Waals surface area (Å²) >= 11 is 0. The number of nitrogen functional groups attached to an aromatic ring is 1. The predicted octanol–water partition coefficient (Wildman–Crippen LogP) is 2.85. The second kappa shape index (κ2) is 4.81. The van der Waals surface area contributed by atoms with Crippen molar-refractivity contribution in [2.75, 3.05) is 5.73 Å². The lowest BCUT2D eigenvalue weighted by Crippen LogP contribution is -2.17. The molecule has 1 aliphatic carbocycles. The van der Waals surface area contributed by atoms with Crippen LogP contribution in [0.3, 0.4) is 0 Å². The molecular formula is C15H18FN3O. The van der Waals surface area contributed by atoms with E-state index in [4.69, 9.17) is 5.73 Å². The minimum Gasteiger partial charge on any atom is -0.393 e. The Kier molecular flexibility index (Phi) is 3.12. The van der Waals surface area contributed by atoms with Gasteiger partial charge in [-0.05, 0) is 43.5 Å². The van der Waals surface area contributed by atoms with Crippen LogP contribution in [0.25, 0.3) is 5.69 Å². The molecule has 1 heterocycles. The van der Waals surface area contributed by atoms with Crippen LogP contribution in [0.2, 0.25) is 0 Å². The summed E-state index contributed by atoms with van der Waals surface area (Å²) in [7, 11) is 0. The molecule has 4 nitrogen and oxygen atoms in total. The normalized spacial score (nSPS) is 15.9. The van der Waals surface area contributed by atoms with E-state index in [0.717, 1.165) is 18.5 Å². The van der Waals surface area contributed by atoms with Crippen molar-refractivity contribution in [2.45, 2.75) is 38.5 Å². The SMILES string of the molecule is Cc1cc(F)ccc1-n1[nH]c(C2CCCC2)c(N)c1=O. The van der Waals surface area contributed by atoms with Crippen molar-refractivity contribution < 1.29 is 4.39 Å². The van der Waals surface area contributed by atoms with Gasteiger partial charge in [0.1, 0.15) is 11.5 Å². The van der Waals surface area contributed by atoms with Crippen LogP contribution >= 0.6 is 0 Å². The second-order valence-electron chi connectivity index (χ2n) is 5.49. The molecule has 0 saturated heterocycles. The summed E-state index contributed by atoms with van der Waals surface area (Å²) in [5.74, 6) is 0.0274. The Morgan fingerprint density at radius 3 is 2.70 bits per heavy atom. The summed E-state index contributed by atoms with van der Waals surface area (Å²) in [5.41, 5.74) is 8.18. The zero-order valence-corrected chi connectivity index (χ0v) is 11.4. The van der Waals surface area contributed by atoms with Gasteiger partial charge in [0.05, 0.1) is 11.4 Å². The van der Waals surface area contributed by atoms with E-state index in [1.165, 1.54) is 29.7 Å². The van der Waals surface area contributed by atoms with Crippen molar-refractivity contribution in [3.05, 3.63) is 45.6 Å². The molecule has 3 N–H and O–H groups in total. The number of anilines is 1. The highest BCUT2D eigenvalue weighted by Crippen LogP contribution is 2.35. The predicted molar refractivity (Wildman–Crippen MR) is 76.7 cm³/mol. The first-order chi connectivity index (χ1) is 9.58. The maximum absolute atomic E-state index is 13.2. The number of aromatic amines is 1. The van der Waals surface area contributed by atoms with E-state index in [-0.39, 0.29) is 11.4 Å². The summed E-state index contributed by atoms with van der Waals surface area (Å²) in [6, 6.07) is 4.36. The van der Waals surface area contributed by atoms with Gasteiger partial charge in [-0.1, -0.05) is 12.8 Å². The van der Waals surface area contributed by atoms with Crippen LogP contribution in [0, 0.1) is 12.7 Å². The molecule has 0 atom stereocenters. The fourth-order valence-electron chi connectivity index (χ4n) is 3.03. The summed E-state index contributed by atoms with van der Waals surface area (Å²) in [6.07, 6.45) is 4.47. The molecule has 0 spiro atoms. The molecule has 0 unspecified atom stereocenters. The molecule has 0 amide bonds. The number of hydrogen-bond acceptors (Lipinski definition) is 2. The van der Waals surface area contributed by atoms with E-state index in [1.54, 1.807) is 13.0 Å². The number of nitrogens with two attached hydrogens (primary N) is 1. The van der Waals surface area contributed by atoms with E-state index in [1.807, 2.05) is 0 Å². The number of nitrogens with zero attached hydrogens (tertiary/aromatic N) is 1. The number of halogens is 1. The van der Waals surface area contributed by atoms with Crippen molar-refractivity contribution >= 4 is 5.69 Å². The third-order valence-electron chi connectivity index (χ3n) is 4.12. The van der Waals surface area contributed by atoms with Crippen LogP contribution < -0.4 is 11.3 Å². The molecule has 2 aromatic rings. The lowest BCUT2D eigenvalue weighted by atomic mass is 10.0. The lowest BCUT2D eigenvalue weighted by molar-refractivity contribution is 0.624. The van der Waals surface area contributed by atoms with E-state index >= 15 is 0 Å². The van der Waals surface area contributed by atoms with Crippen molar-refractivity contribution in [3.8, 4) is 5.69 Å². The smallest absolute Gasteiger partial charge is 0.294 e. The molecule has 1 aromatic carbocycles. The Hall–Kier alpha value is -2.04. The quantitative estimate of drug-likeness (QED) is 0.885. The Bertz CT molecular complexity index is 696. The molecule has 1 aliphatic rings. The van der Waals surface area contributed by atoms with Crippen molar-refractivity contribution in [3.63, 3.8) is 0 Å². The van der Waals surface area contributed by atoms with Crippen LogP contribution in [0.1, 0.15) is 42.9 Å². The van der Waals surface area contributed by atoms with Crippen LogP contribution in [0.5, 0.6) is 0 Å². The maximum Gasteiger partial charge on any atom is 0.294 e. The standard InChI is InChI=1S/C15H18FN3O/c1-9-8-11(16)6-7-12(9)19-15(20)13(17)14(18-19)10-4-2-3-5-10/h6-8,10,18H,2-5,17H2,1H3. The van der Waals surface area contributed by atoms with Gasteiger partial charge < -0.3 is 5.73 Å². The van der Waals surface area contributed by atoms with Crippen LogP contribution in [-0.4, -0.2) is 9.78 Å². The number of benzene rings is 1. The number of aryl methyl sites for hydroxylation is 1. The van der Waals surface area contributed by atoms with Gasteiger partial charge >= 0.3 is 0 Å². The molecular weight excluding hydrogens is 257 g/mol. The molecule has 3 rings (SSSR count). The summed E-state index contributed by atoms with van der Waals surface area (Å²) in [4.78, 5) is 12.3. The van der Waals surface area contributed by atoms with E-state index < -0.39 is 0 Å². The fourth-order valence-corrected chi connectivity index (χ4v) is 3.03. The second-order valence-corrected chi connectivity index (χ2v) is 5.49. The first kappa shape index (κ1) is 13.0. The van der Waals surface area contributed by atoms with Crippen molar-refractivity contribution in [1.29, 1.82) is 0 Å². The first-order valence-electron chi connectivity index (χ1n) is 6.95.